The minimum absolute atomic E-state index is 0.287. The molecule has 1 fully saturated rings. The van der Waals surface area contributed by atoms with Crippen LogP contribution in [0.1, 0.15) is 29.2 Å². The van der Waals surface area contributed by atoms with Gasteiger partial charge in [-0.15, -0.1) is 0 Å². The normalized spacial score (nSPS) is 18.0. The first kappa shape index (κ1) is 21.3. The van der Waals surface area contributed by atoms with E-state index in [4.69, 9.17) is 0 Å². The van der Waals surface area contributed by atoms with E-state index in [1.54, 1.807) is 17.8 Å². The van der Waals surface area contributed by atoms with Crippen molar-refractivity contribution in [2.45, 2.75) is 32.5 Å². The molecule has 3 aromatic rings. The monoisotopic (exact) mass is 431 g/mol. The second-order valence-electron chi connectivity index (χ2n) is 8.06. The van der Waals surface area contributed by atoms with Crippen molar-refractivity contribution in [1.82, 2.24) is 25.3 Å². The molecule has 0 spiro atoms. The number of imide groups is 1. The SMILES string of the molecule is Cc1ccc(C2(C)NC(=O)N(CC(=O)NCc3ccccc3Cn3cccn3)C2=O)cc1. The summed E-state index contributed by atoms with van der Waals surface area (Å²) < 4.78 is 1.81. The van der Waals surface area contributed by atoms with Crippen molar-refractivity contribution in [3.05, 3.63) is 89.2 Å². The molecule has 2 N–H and O–H groups in total. The molecule has 1 aliphatic heterocycles. The summed E-state index contributed by atoms with van der Waals surface area (Å²) in [6.07, 6.45) is 3.59. The van der Waals surface area contributed by atoms with Crippen LogP contribution in [0.15, 0.2) is 67.0 Å². The van der Waals surface area contributed by atoms with Gasteiger partial charge in [0.25, 0.3) is 5.91 Å². The number of nitrogens with zero attached hydrogens (tertiary/aromatic N) is 3. The Balaban J connectivity index is 1.40. The smallest absolute Gasteiger partial charge is 0.325 e. The maximum atomic E-state index is 13.0. The average molecular weight is 431 g/mol. The zero-order valence-electron chi connectivity index (χ0n) is 18.0. The first-order valence-electron chi connectivity index (χ1n) is 10.4. The lowest BCUT2D eigenvalue weighted by molar-refractivity contribution is -0.134. The molecule has 0 aliphatic carbocycles. The highest BCUT2D eigenvalue weighted by Crippen LogP contribution is 2.28. The van der Waals surface area contributed by atoms with E-state index < -0.39 is 23.4 Å². The van der Waals surface area contributed by atoms with E-state index in [1.165, 1.54) is 0 Å². The van der Waals surface area contributed by atoms with Crippen LogP contribution in [0.4, 0.5) is 4.79 Å². The molecular formula is C24H25N5O3. The number of aryl methyl sites for hydroxylation is 1. The Morgan fingerprint density at radius 1 is 1.06 bits per heavy atom. The van der Waals surface area contributed by atoms with Gasteiger partial charge in [0.15, 0.2) is 0 Å². The van der Waals surface area contributed by atoms with E-state index in [0.717, 1.165) is 21.6 Å². The molecule has 32 heavy (non-hydrogen) atoms. The number of aromatic nitrogens is 2. The summed E-state index contributed by atoms with van der Waals surface area (Å²) in [5, 5.41) is 9.76. The van der Waals surface area contributed by atoms with Crippen molar-refractivity contribution in [2.24, 2.45) is 0 Å². The predicted octanol–water partition coefficient (Wildman–Crippen LogP) is 2.32. The molecule has 0 saturated carbocycles. The third kappa shape index (κ3) is 4.25. The lowest BCUT2D eigenvalue weighted by atomic mass is 9.91. The molecule has 1 aromatic heterocycles. The lowest BCUT2D eigenvalue weighted by Crippen LogP contribution is -2.43. The zero-order chi connectivity index (χ0) is 22.7. The Labute approximate surface area is 186 Å². The Hall–Kier alpha value is -3.94. The summed E-state index contributed by atoms with van der Waals surface area (Å²) in [6, 6.07) is 16.4. The summed E-state index contributed by atoms with van der Waals surface area (Å²) in [4.78, 5) is 39.0. The number of carbonyl (C=O) groups is 3. The van der Waals surface area contributed by atoms with E-state index in [1.807, 2.05) is 67.7 Å². The summed E-state index contributed by atoms with van der Waals surface area (Å²) in [6.45, 7) is 4.13. The summed E-state index contributed by atoms with van der Waals surface area (Å²) in [7, 11) is 0. The molecule has 8 heteroatoms. The van der Waals surface area contributed by atoms with E-state index in [9.17, 15) is 14.4 Å². The second-order valence-corrected chi connectivity index (χ2v) is 8.06. The number of carbonyl (C=O) groups excluding carboxylic acids is 3. The van der Waals surface area contributed by atoms with E-state index in [2.05, 4.69) is 15.7 Å². The maximum absolute atomic E-state index is 13.0. The molecule has 4 rings (SSSR count). The molecule has 8 nitrogen and oxygen atoms in total. The van der Waals surface area contributed by atoms with Gasteiger partial charge in [-0.2, -0.15) is 5.10 Å². The van der Waals surface area contributed by atoms with Crippen molar-refractivity contribution in [2.75, 3.05) is 6.54 Å². The molecule has 1 unspecified atom stereocenters. The van der Waals surface area contributed by atoms with Crippen molar-refractivity contribution in [3.63, 3.8) is 0 Å². The largest absolute Gasteiger partial charge is 0.350 e. The molecule has 4 amide bonds. The van der Waals surface area contributed by atoms with E-state index in [-0.39, 0.29) is 13.1 Å². The fourth-order valence-corrected chi connectivity index (χ4v) is 3.77. The first-order chi connectivity index (χ1) is 15.4. The van der Waals surface area contributed by atoms with Gasteiger partial charge in [-0.05, 0) is 36.6 Å². The standard InChI is InChI=1S/C24H25N5O3/c1-17-8-10-20(11-9-17)24(2)22(31)29(23(32)27-24)16-21(30)25-14-18-6-3-4-7-19(18)15-28-13-5-12-26-28/h3-13H,14-16H2,1-2H3,(H,25,30)(H,27,32). The number of hydrogen-bond acceptors (Lipinski definition) is 4. The Morgan fingerprint density at radius 3 is 2.47 bits per heavy atom. The van der Waals surface area contributed by atoms with Crippen molar-refractivity contribution < 1.29 is 14.4 Å². The van der Waals surface area contributed by atoms with Gasteiger partial charge in [0, 0.05) is 18.9 Å². The molecule has 1 atom stereocenters. The van der Waals surface area contributed by atoms with Gasteiger partial charge in [0.1, 0.15) is 12.1 Å². The van der Waals surface area contributed by atoms with E-state index in [0.29, 0.717) is 12.1 Å². The topological polar surface area (TPSA) is 96.3 Å². The zero-order valence-corrected chi connectivity index (χ0v) is 18.0. The Bertz CT molecular complexity index is 1140. The van der Waals surface area contributed by atoms with Crippen LogP contribution in [0.2, 0.25) is 0 Å². The van der Waals surface area contributed by atoms with Crippen LogP contribution < -0.4 is 10.6 Å². The third-order valence-corrected chi connectivity index (χ3v) is 5.69. The van der Waals surface area contributed by atoms with Gasteiger partial charge < -0.3 is 10.6 Å². The number of amides is 4. The van der Waals surface area contributed by atoms with Gasteiger partial charge in [-0.3, -0.25) is 19.2 Å². The quantitative estimate of drug-likeness (QED) is 0.561. The second kappa shape index (κ2) is 8.66. The first-order valence-corrected chi connectivity index (χ1v) is 10.4. The fourth-order valence-electron chi connectivity index (χ4n) is 3.77. The van der Waals surface area contributed by atoms with Gasteiger partial charge >= 0.3 is 6.03 Å². The fraction of sp³-hybridized carbons (Fsp3) is 0.250. The third-order valence-electron chi connectivity index (χ3n) is 5.69. The molecule has 164 valence electrons. The van der Waals surface area contributed by atoms with Crippen LogP contribution in [0.3, 0.4) is 0 Å². The van der Waals surface area contributed by atoms with Crippen LogP contribution in [-0.4, -0.2) is 39.1 Å². The number of benzene rings is 2. The Morgan fingerprint density at radius 2 is 1.78 bits per heavy atom. The molecule has 1 aliphatic rings. The Kier molecular flexibility index (Phi) is 5.77. The highest BCUT2D eigenvalue weighted by atomic mass is 16.2. The van der Waals surface area contributed by atoms with Crippen molar-refractivity contribution >= 4 is 17.8 Å². The minimum atomic E-state index is -1.19. The number of urea groups is 1. The molecular weight excluding hydrogens is 406 g/mol. The van der Waals surface area contributed by atoms with Gasteiger partial charge in [0.2, 0.25) is 5.91 Å². The number of rotatable bonds is 7. The van der Waals surface area contributed by atoms with Gasteiger partial charge in [-0.25, -0.2) is 4.79 Å². The molecule has 0 bridgehead atoms. The highest BCUT2D eigenvalue weighted by molar-refractivity contribution is 6.09. The summed E-state index contributed by atoms with van der Waals surface area (Å²) in [5.74, 6) is -0.851. The average Bonchev–Trinajstić information content (AvgIpc) is 3.36. The number of hydrogen-bond donors (Lipinski definition) is 2. The van der Waals surface area contributed by atoms with Crippen LogP contribution in [0.5, 0.6) is 0 Å². The van der Waals surface area contributed by atoms with E-state index >= 15 is 0 Å². The van der Waals surface area contributed by atoms with Gasteiger partial charge in [-0.1, -0.05) is 54.1 Å². The van der Waals surface area contributed by atoms with Crippen LogP contribution in [-0.2, 0) is 28.2 Å². The minimum Gasteiger partial charge on any atom is -0.350 e. The lowest BCUT2D eigenvalue weighted by Gasteiger charge is -2.22. The van der Waals surface area contributed by atoms with Crippen LogP contribution in [0.25, 0.3) is 0 Å². The molecule has 2 heterocycles. The van der Waals surface area contributed by atoms with Gasteiger partial charge in [0.05, 0.1) is 6.54 Å². The summed E-state index contributed by atoms with van der Waals surface area (Å²) in [5.41, 5.74) is 2.51. The number of nitrogens with one attached hydrogen (secondary N) is 2. The van der Waals surface area contributed by atoms with Crippen molar-refractivity contribution in [1.29, 1.82) is 0 Å². The highest BCUT2D eigenvalue weighted by Gasteiger charge is 2.49. The molecule has 2 aromatic carbocycles. The van der Waals surface area contributed by atoms with Crippen LogP contribution in [0, 0.1) is 6.92 Å². The van der Waals surface area contributed by atoms with Crippen molar-refractivity contribution in [3.8, 4) is 0 Å². The predicted molar refractivity (Wildman–Crippen MR) is 118 cm³/mol. The molecule has 1 saturated heterocycles. The van der Waals surface area contributed by atoms with Crippen LogP contribution >= 0.6 is 0 Å². The summed E-state index contributed by atoms with van der Waals surface area (Å²) >= 11 is 0. The molecule has 0 radical (unpaired) electrons. The maximum Gasteiger partial charge on any atom is 0.325 e.